The molecule has 0 rings (SSSR count). The van der Waals surface area contributed by atoms with Gasteiger partial charge in [-0.3, -0.25) is 0 Å². The third kappa shape index (κ3) is 7.35. The molecule has 0 saturated heterocycles. The van der Waals surface area contributed by atoms with Crippen molar-refractivity contribution in [3.63, 3.8) is 0 Å². The van der Waals surface area contributed by atoms with E-state index in [4.69, 9.17) is 0 Å². The summed E-state index contributed by atoms with van der Waals surface area (Å²) in [5.74, 6) is 0. The van der Waals surface area contributed by atoms with Gasteiger partial charge in [-0.1, -0.05) is 0 Å². The summed E-state index contributed by atoms with van der Waals surface area (Å²) in [6.07, 6.45) is -2.47. The van der Waals surface area contributed by atoms with Gasteiger partial charge in [-0.05, 0) is 0 Å². The minimum atomic E-state index is -5.15. The van der Waals surface area contributed by atoms with Gasteiger partial charge >= 0.3 is 59.1 Å². The van der Waals surface area contributed by atoms with E-state index in [-0.39, 0.29) is 59.1 Å². The van der Waals surface area contributed by atoms with Crippen molar-refractivity contribution in [2.24, 2.45) is 0 Å². The van der Waals surface area contributed by atoms with Gasteiger partial charge in [-0.2, -0.15) is 8.42 Å². The Morgan fingerprint density at radius 2 is 1.42 bits per heavy atom. The van der Waals surface area contributed by atoms with Crippen LogP contribution in [0.25, 0.3) is 0 Å². The zero-order valence-electron chi connectivity index (χ0n) is 6.27. The molecule has 0 spiro atoms. The number of hydrogen-bond donors (Lipinski definition) is 0. The largest absolute Gasteiger partial charge is 1.00 e. The topological polar surface area (TPSA) is 124 Å². The van der Waals surface area contributed by atoms with Crippen molar-refractivity contribution in [3.05, 3.63) is 0 Å². The van der Waals surface area contributed by atoms with Gasteiger partial charge in [0.05, 0.1) is 0 Å². The fraction of sp³-hybridized carbons (Fsp3) is 0. The molecule has 7 nitrogen and oxygen atoms in total. The van der Waals surface area contributed by atoms with Crippen LogP contribution in [0, 0.1) is 0 Å². The first kappa shape index (κ1) is 18.5. The van der Waals surface area contributed by atoms with Gasteiger partial charge in [0, 0.05) is 0 Å². The maximum absolute atomic E-state index is 9.84. The molecule has 0 aromatic rings. The Balaban J connectivity index is -0.000000405. The molecule has 0 aromatic heterocycles. The Morgan fingerprint density at radius 1 is 1.08 bits per heavy atom. The van der Waals surface area contributed by atoms with Crippen LogP contribution in [0.5, 0.6) is 0 Å². The molecule has 0 saturated carbocycles. The van der Waals surface area contributed by atoms with Crippen molar-refractivity contribution >= 4 is 21.6 Å². The molecule has 0 radical (unpaired) electrons. The number of carboxylic acid groups (broad SMARTS) is 2. The molecule has 0 aromatic carbocycles. The van der Waals surface area contributed by atoms with E-state index in [1.807, 2.05) is 0 Å². The maximum atomic E-state index is 9.84. The molecular weight excluding hydrogens is 214 g/mol. The summed E-state index contributed by atoms with van der Waals surface area (Å²) in [7, 11) is -5.15. The van der Waals surface area contributed by atoms with Crippen LogP contribution < -0.4 is 69.3 Å². The van der Waals surface area contributed by atoms with E-state index in [0.29, 0.717) is 0 Å². The summed E-state index contributed by atoms with van der Waals surface area (Å²) in [4.78, 5) is 18.8. The van der Waals surface area contributed by atoms with Gasteiger partial charge in [0.25, 0.3) is 16.3 Å². The molecule has 0 fully saturated rings. The molecule has 0 atom stereocenters. The fourth-order valence-corrected chi connectivity index (χ4v) is 0.371. The molecule has 0 aliphatic heterocycles. The van der Waals surface area contributed by atoms with Crippen LogP contribution in [0.3, 0.4) is 0 Å². The first-order valence-electron chi connectivity index (χ1n) is 1.72. The molecule has 58 valence electrons. The summed E-state index contributed by atoms with van der Waals surface area (Å²) in [5.41, 5.74) is 0. The van der Waals surface area contributed by atoms with Crippen LogP contribution in [0.15, 0.2) is 0 Å². The van der Waals surface area contributed by atoms with Gasteiger partial charge in [-0.25, -0.2) is 0 Å². The van der Waals surface area contributed by atoms with Crippen molar-refractivity contribution in [2.45, 2.75) is 0 Å². The van der Waals surface area contributed by atoms with Gasteiger partial charge < -0.3 is 24.0 Å². The van der Waals surface area contributed by atoms with E-state index in [9.17, 15) is 28.2 Å². The normalized spacial score (nSPS) is 8.67. The Bertz CT molecular complexity index is 255. The van der Waals surface area contributed by atoms with Crippen LogP contribution >= 0.6 is 0 Å². The predicted octanol–water partition coefficient (Wildman–Crippen LogP) is -8.97. The van der Waals surface area contributed by atoms with Crippen LogP contribution in [0.4, 0.5) is 9.59 Å². The molecule has 0 unspecified atom stereocenters. The smallest absolute Gasteiger partial charge is 0.533 e. The Labute approximate surface area is 112 Å². The first-order valence-corrected chi connectivity index (χ1v) is 3.13. The maximum Gasteiger partial charge on any atom is 1.00 e. The SMILES string of the molecule is O=C([O-])OS(=O)(=O)C(=O)[O-].[Na+].[Na+]. The van der Waals surface area contributed by atoms with Gasteiger partial charge in [-0.15, -0.1) is 0 Å². The second kappa shape index (κ2) is 7.13. The Morgan fingerprint density at radius 3 is 1.50 bits per heavy atom. The molecular formula is C2Na2O7S. The number of hydrogen-bond acceptors (Lipinski definition) is 7. The Hall–Kier alpha value is 0.690. The molecule has 0 amide bonds. The zero-order chi connectivity index (χ0) is 8.36. The molecule has 0 aliphatic carbocycles. The quantitative estimate of drug-likeness (QED) is 0.289. The van der Waals surface area contributed by atoms with Crippen LogP contribution in [0.2, 0.25) is 0 Å². The third-order valence-corrected chi connectivity index (χ3v) is 1.15. The summed E-state index contributed by atoms with van der Waals surface area (Å²) in [6.45, 7) is 0. The molecule has 12 heavy (non-hydrogen) atoms. The third-order valence-electron chi connectivity index (χ3n) is 0.382. The summed E-state index contributed by atoms with van der Waals surface area (Å²) >= 11 is 0. The second-order valence-electron chi connectivity index (χ2n) is 1.04. The zero-order valence-corrected chi connectivity index (χ0v) is 11.1. The average molecular weight is 214 g/mol. The first-order chi connectivity index (χ1) is 4.36. The molecule has 0 aliphatic rings. The average Bonchev–Trinajstić information content (AvgIpc) is 1.60. The van der Waals surface area contributed by atoms with E-state index in [1.54, 1.807) is 0 Å². The van der Waals surface area contributed by atoms with Crippen molar-refractivity contribution in [3.8, 4) is 0 Å². The van der Waals surface area contributed by atoms with Crippen LogP contribution in [-0.2, 0) is 14.3 Å². The monoisotopic (exact) mass is 214 g/mol. The van der Waals surface area contributed by atoms with Crippen LogP contribution in [-0.4, -0.2) is 19.9 Å². The van der Waals surface area contributed by atoms with Crippen molar-refractivity contribution in [1.82, 2.24) is 0 Å². The van der Waals surface area contributed by atoms with Crippen molar-refractivity contribution in [1.29, 1.82) is 0 Å². The Kier molecular flexibility index (Phi) is 11.0. The summed E-state index contributed by atoms with van der Waals surface area (Å²) in [6, 6.07) is 0. The standard InChI is InChI=1S/C2H2O7S.2Na/c3-1(4)9-10(7,8)2(5)6;;/h(H,3,4)(H,5,6);;/q;2*+1/p-2. The predicted molar refractivity (Wildman–Crippen MR) is 20.8 cm³/mol. The molecule has 10 heteroatoms. The number of rotatable bonds is 0. The van der Waals surface area contributed by atoms with Crippen molar-refractivity contribution in [2.75, 3.05) is 0 Å². The van der Waals surface area contributed by atoms with E-state index in [0.717, 1.165) is 0 Å². The van der Waals surface area contributed by atoms with E-state index >= 15 is 0 Å². The van der Waals surface area contributed by atoms with Gasteiger partial charge in [0.15, 0.2) is 5.30 Å². The van der Waals surface area contributed by atoms with Gasteiger partial charge in [0.2, 0.25) is 0 Å². The van der Waals surface area contributed by atoms with Crippen LogP contribution in [0.1, 0.15) is 0 Å². The van der Waals surface area contributed by atoms with Crippen molar-refractivity contribution < 1.29 is 91.5 Å². The number of carbonyl (C=O) groups is 2. The second-order valence-corrected chi connectivity index (χ2v) is 2.45. The summed E-state index contributed by atoms with van der Waals surface area (Å²) < 4.78 is 22.5. The molecule has 0 bridgehead atoms. The number of carbonyl (C=O) groups excluding carboxylic acids is 2. The summed E-state index contributed by atoms with van der Waals surface area (Å²) in [5, 5.41) is 16.1. The molecule has 0 heterocycles. The van der Waals surface area contributed by atoms with E-state index < -0.39 is 21.6 Å². The van der Waals surface area contributed by atoms with Gasteiger partial charge in [0.1, 0.15) is 0 Å². The minimum Gasteiger partial charge on any atom is -0.533 e. The minimum absolute atomic E-state index is 0. The van der Waals surface area contributed by atoms with E-state index in [2.05, 4.69) is 4.18 Å². The molecule has 0 N–H and O–H groups in total. The van der Waals surface area contributed by atoms with E-state index in [1.165, 1.54) is 0 Å². The fourth-order valence-electron chi connectivity index (χ4n) is 0.124.